The van der Waals surface area contributed by atoms with Crippen LogP contribution >= 0.6 is 0 Å². The molecule has 0 atom stereocenters. The Hall–Kier alpha value is -1.74. The van der Waals surface area contributed by atoms with Crippen molar-refractivity contribution in [3.05, 3.63) is 53.9 Å². The van der Waals surface area contributed by atoms with Gasteiger partial charge in [-0.25, -0.2) is 0 Å². The molecule has 0 spiro atoms. The lowest BCUT2D eigenvalue weighted by atomic mass is 10.2. The number of rotatable bonds is 5. The Morgan fingerprint density at radius 2 is 2.19 bits per heavy atom. The summed E-state index contributed by atoms with van der Waals surface area (Å²) in [7, 11) is 1.71. The Bertz CT molecular complexity index is 423. The largest absolute Gasteiger partial charge is 0.381 e. The molecule has 0 unspecified atom stereocenters. The summed E-state index contributed by atoms with van der Waals surface area (Å²) in [6, 6.07) is 10.3. The fraction of sp³-hybridized carbons (Fsp3) is 0.231. The molecule has 1 aromatic heterocycles. The van der Waals surface area contributed by atoms with E-state index >= 15 is 0 Å². The van der Waals surface area contributed by atoms with Crippen molar-refractivity contribution in [3.63, 3.8) is 0 Å². The molecule has 0 bridgehead atoms. The van der Waals surface area contributed by atoms with Gasteiger partial charge in [-0.1, -0.05) is 12.1 Å². The van der Waals surface area contributed by atoms with Gasteiger partial charge in [0.15, 0.2) is 0 Å². The Morgan fingerprint density at radius 1 is 1.25 bits per heavy atom. The number of nitrogens with one attached hydrogen (secondary N) is 2. The maximum atomic E-state index is 5.10. The third kappa shape index (κ3) is 2.87. The summed E-state index contributed by atoms with van der Waals surface area (Å²) in [4.78, 5) is 3.04. The Kier molecular flexibility index (Phi) is 3.62. The fourth-order valence-electron chi connectivity index (χ4n) is 1.61. The predicted octanol–water partition coefficient (Wildman–Crippen LogP) is 2.77. The van der Waals surface area contributed by atoms with E-state index in [4.69, 9.17) is 4.74 Å². The summed E-state index contributed by atoms with van der Waals surface area (Å²) in [5.41, 5.74) is 3.55. The van der Waals surface area contributed by atoms with Crippen molar-refractivity contribution in [1.82, 2.24) is 4.98 Å². The van der Waals surface area contributed by atoms with Gasteiger partial charge in [-0.15, -0.1) is 0 Å². The maximum absolute atomic E-state index is 5.10. The lowest BCUT2D eigenvalue weighted by Crippen LogP contribution is -1.99. The van der Waals surface area contributed by atoms with Crippen LogP contribution in [0.1, 0.15) is 11.1 Å². The van der Waals surface area contributed by atoms with Gasteiger partial charge in [0.2, 0.25) is 0 Å². The predicted molar refractivity (Wildman–Crippen MR) is 65.3 cm³/mol. The minimum atomic E-state index is 0.652. The highest BCUT2D eigenvalue weighted by molar-refractivity contribution is 5.46. The summed E-state index contributed by atoms with van der Waals surface area (Å²) in [6.45, 7) is 1.49. The van der Waals surface area contributed by atoms with Crippen molar-refractivity contribution in [2.75, 3.05) is 12.4 Å². The second-order valence-electron chi connectivity index (χ2n) is 3.71. The average Bonchev–Trinajstić information content (AvgIpc) is 2.80. The zero-order valence-electron chi connectivity index (χ0n) is 9.36. The van der Waals surface area contributed by atoms with E-state index in [9.17, 15) is 0 Å². The van der Waals surface area contributed by atoms with Gasteiger partial charge in [0.1, 0.15) is 0 Å². The van der Waals surface area contributed by atoms with Crippen LogP contribution in [0.25, 0.3) is 0 Å². The number of H-pyrrole nitrogens is 1. The van der Waals surface area contributed by atoms with Gasteiger partial charge in [0, 0.05) is 31.7 Å². The molecule has 3 heteroatoms. The van der Waals surface area contributed by atoms with Crippen LogP contribution in [-0.2, 0) is 17.9 Å². The second-order valence-corrected chi connectivity index (χ2v) is 3.71. The number of ether oxygens (including phenoxy) is 1. The molecule has 0 fully saturated rings. The lowest BCUT2D eigenvalue weighted by Gasteiger charge is -2.07. The molecule has 2 aromatic rings. The Morgan fingerprint density at radius 3 is 2.94 bits per heavy atom. The van der Waals surface area contributed by atoms with E-state index in [1.54, 1.807) is 7.11 Å². The summed E-state index contributed by atoms with van der Waals surface area (Å²) >= 11 is 0. The highest BCUT2D eigenvalue weighted by Gasteiger charge is 1.96. The molecule has 1 heterocycles. The van der Waals surface area contributed by atoms with Gasteiger partial charge in [-0.3, -0.25) is 0 Å². The quantitative estimate of drug-likeness (QED) is 0.806. The number of benzene rings is 1. The van der Waals surface area contributed by atoms with Crippen molar-refractivity contribution in [3.8, 4) is 0 Å². The molecule has 0 amide bonds. The zero-order valence-corrected chi connectivity index (χ0v) is 9.36. The molecule has 3 nitrogen and oxygen atoms in total. The number of methoxy groups -OCH3 is 1. The number of hydrogen-bond acceptors (Lipinski definition) is 2. The molecule has 84 valence electrons. The van der Waals surface area contributed by atoms with Crippen LogP contribution in [0.15, 0.2) is 42.7 Å². The standard InChI is InChI=1S/C13H16N2O/c1-16-10-11-3-2-4-13(7-11)15-9-12-5-6-14-8-12/h2-8,14-15H,9-10H2,1H3. The van der Waals surface area contributed by atoms with E-state index in [0.717, 1.165) is 12.2 Å². The molecule has 0 radical (unpaired) electrons. The third-order valence-electron chi connectivity index (χ3n) is 2.40. The van der Waals surface area contributed by atoms with Crippen LogP contribution in [0.2, 0.25) is 0 Å². The first kappa shape index (κ1) is 10.8. The molecule has 0 saturated heterocycles. The molecular formula is C13H16N2O. The second kappa shape index (κ2) is 5.37. The van der Waals surface area contributed by atoms with E-state index < -0.39 is 0 Å². The van der Waals surface area contributed by atoms with Gasteiger partial charge in [-0.05, 0) is 29.3 Å². The van der Waals surface area contributed by atoms with E-state index in [0.29, 0.717) is 6.61 Å². The summed E-state index contributed by atoms with van der Waals surface area (Å²) in [6.07, 6.45) is 3.92. The molecule has 0 aliphatic rings. The maximum Gasteiger partial charge on any atom is 0.0713 e. The van der Waals surface area contributed by atoms with Crippen LogP contribution in [0.5, 0.6) is 0 Å². The van der Waals surface area contributed by atoms with Crippen LogP contribution in [-0.4, -0.2) is 12.1 Å². The van der Waals surface area contributed by atoms with E-state index in [1.165, 1.54) is 11.1 Å². The van der Waals surface area contributed by atoms with E-state index in [-0.39, 0.29) is 0 Å². The van der Waals surface area contributed by atoms with Gasteiger partial charge in [0.25, 0.3) is 0 Å². The first-order chi connectivity index (χ1) is 7.88. The Labute approximate surface area is 95.5 Å². The fourth-order valence-corrected chi connectivity index (χ4v) is 1.61. The minimum Gasteiger partial charge on any atom is -0.381 e. The molecular weight excluding hydrogens is 200 g/mol. The molecule has 0 aliphatic heterocycles. The molecule has 2 rings (SSSR count). The molecule has 16 heavy (non-hydrogen) atoms. The molecule has 0 aliphatic carbocycles. The van der Waals surface area contributed by atoms with Gasteiger partial charge in [0.05, 0.1) is 6.61 Å². The third-order valence-corrected chi connectivity index (χ3v) is 2.40. The van der Waals surface area contributed by atoms with E-state index in [1.807, 2.05) is 18.5 Å². The van der Waals surface area contributed by atoms with Crippen LogP contribution in [0.3, 0.4) is 0 Å². The minimum absolute atomic E-state index is 0.652. The smallest absolute Gasteiger partial charge is 0.0713 e. The topological polar surface area (TPSA) is 37.0 Å². The van der Waals surface area contributed by atoms with Gasteiger partial charge >= 0.3 is 0 Å². The zero-order chi connectivity index (χ0) is 11.2. The van der Waals surface area contributed by atoms with Gasteiger partial charge in [-0.2, -0.15) is 0 Å². The number of aromatic amines is 1. The van der Waals surface area contributed by atoms with Crippen molar-refractivity contribution in [2.45, 2.75) is 13.2 Å². The number of aromatic nitrogens is 1. The molecule has 1 aromatic carbocycles. The van der Waals surface area contributed by atoms with Crippen molar-refractivity contribution in [2.24, 2.45) is 0 Å². The summed E-state index contributed by atoms with van der Waals surface area (Å²) in [5.74, 6) is 0. The SMILES string of the molecule is COCc1cccc(NCc2cc[nH]c2)c1. The highest BCUT2D eigenvalue weighted by Crippen LogP contribution is 2.12. The van der Waals surface area contributed by atoms with Crippen molar-refractivity contribution < 1.29 is 4.74 Å². The van der Waals surface area contributed by atoms with Crippen LogP contribution in [0, 0.1) is 0 Å². The van der Waals surface area contributed by atoms with Crippen molar-refractivity contribution in [1.29, 1.82) is 0 Å². The van der Waals surface area contributed by atoms with Crippen LogP contribution < -0.4 is 5.32 Å². The summed E-state index contributed by atoms with van der Waals surface area (Å²) < 4.78 is 5.10. The van der Waals surface area contributed by atoms with Gasteiger partial charge < -0.3 is 15.0 Å². The highest BCUT2D eigenvalue weighted by atomic mass is 16.5. The molecule has 2 N–H and O–H groups in total. The van der Waals surface area contributed by atoms with Crippen molar-refractivity contribution >= 4 is 5.69 Å². The lowest BCUT2D eigenvalue weighted by molar-refractivity contribution is 0.185. The number of anilines is 1. The normalized spacial score (nSPS) is 10.3. The first-order valence-electron chi connectivity index (χ1n) is 5.32. The Balaban J connectivity index is 1.96. The van der Waals surface area contributed by atoms with Crippen LogP contribution in [0.4, 0.5) is 5.69 Å². The monoisotopic (exact) mass is 216 g/mol. The average molecular weight is 216 g/mol. The molecule has 0 saturated carbocycles. The summed E-state index contributed by atoms with van der Waals surface area (Å²) in [5, 5.41) is 3.37. The number of hydrogen-bond donors (Lipinski definition) is 2. The van der Waals surface area contributed by atoms with E-state index in [2.05, 4.69) is 34.6 Å². The first-order valence-corrected chi connectivity index (χ1v) is 5.32.